The van der Waals surface area contributed by atoms with Crippen LogP contribution < -0.4 is 42.5 Å². The summed E-state index contributed by atoms with van der Waals surface area (Å²) < 4.78 is 5.63. The summed E-state index contributed by atoms with van der Waals surface area (Å²) >= 11 is 0. The van der Waals surface area contributed by atoms with Crippen molar-refractivity contribution in [2.24, 2.45) is 11.8 Å². The van der Waals surface area contributed by atoms with Gasteiger partial charge in [-0.25, -0.2) is 0 Å². The summed E-state index contributed by atoms with van der Waals surface area (Å²) in [5, 5.41) is 53.0. The van der Waals surface area contributed by atoms with Gasteiger partial charge in [0.05, 0.1) is 13.2 Å². The standard InChI is InChI=1S/C48H67N9O12/c1-25(2)18-33-45(66)54-34(19-26(3)4)46(67)53-32(16-11-17-38(60)57-48-40(51-27(5)59)42(63)41(62)37(24-58)69-48)44(65)56-36(21-29-22-49-31-15-10-9-14-30(29)31)47(68)55-35(20-28-12-7-6-8-13-28)43(64)50-23-39(61)52-33/h6-10,12-15,22,25-26,32-37,40-42,48-49,58,62-63H,11,16-21,23-24H2,1-5H3,(H,50,64)(H,51,59)(H,52,61)(H,53,67)(H,54,66)(H,55,68)(H,56,65)(H,57,60)/t32-,33-,34+,35-,36-,37+,40+,41+,42+,48+/m0/s1. The fourth-order valence-corrected chi connectivity index (χ4v) is 8.42. The number of aliphatic hydroxyl groups is 3. The Morgan fingerprint density at radius 1 is 0.696 bits per heavy atom. The number of hydrogen-bond donors (Lipinski definition) is 12. The number of para-hydroxylation sites is 1. The first-order valence-corrected chi connectivity index (χ1v) is 23.4. The maximum Gasteiger partial charge on any atom is 0.243 e. The molecule has 0 radical (unpaired) electrons. The second kappa shape index (κ2) is 25.3. The number of nitrogens with one attached hydrogen (secondary N) is 9. The van der Waals surface area contributed by atoms with Crippen molar-refractivity contribution in [3.63, 3.8) is 0 Å². The molecule has 0 bridgehead atoms. The van der Waals surface area contributed by atoms with Crippen LogP contribution in [0.5, 0.6) is 0 Å². The van der Waals surface area contributed by atoms with Crippen molar-refractivity contribution in [3.05, 3.63) is 71.9 Å². The first-order chi connectivity index (χ1) is 32.8. The fraction of sp³-hybridized carbons (Fsp3) is 0.542. The number of aliphatic hydroxyl groups excluding tert-OH is 3. The van der Waals surface area contributed by atoms with Crippen molar-refractivity contribution < 1.29 is 58.4 Å². The summed E-state index contributed by atoms with van der Waals surface area (Å²) in [4.78, 5) is 113. The number of carbonyl (C=O) groups excluding carboxylic acids is 8. The van der Waals surface area contributed by atoms with Gasteiger partial charge in [-0.05, 0) is 54.7 Å². The van der Waals surface area contributed by atoms with Gasteiger partial charge >= 0.3 is 0 Å². The lowest BCUT2D eigenvalue weighted by molar-refractivity contribution is -0.203. The Balaban J connectivity index is 1.49. The lowest BCUT2D eigenvalue weighted by atomic mass is 9.95. The third-order valence-electron chi connectivity index (χ3n) is 11.9. The van der Waals surface area contributed by atoms with Crippen LogP contribution in [0, 0.1) is 11.8 Å². The number of ether oxygens (including phenoxy) is 1. The van der Waals surface area contributed by atoms with Crippen LogP contribution in [0.15, 0.2) is 60.8 Å². The summed E-state index contributed by atoms with van der Waals surface area (Å²) in [7, 11) is 0. The third kappa shape index (κ3) is 15.5. The van der Waals surface area contributed by atoms with Gasteiger partial charge in [0.2, 0.25) is 47.3 Å². The molecule has 3 heterocycles. The molecule has 376 valence electrons. The van der Waals surface area contributed by atoms with Gasteiger partial charge in [0.25, 0.3) is 0 Å². The van der Waals surface area contributed by atoms with E-state index in [1.807, 2.05) is 52.0 Å². The molecule has 2 fully saturated rings. The van der Waals surface area contributed by atoms with Crippen LogP contribution in [0.1, 0.15) is 77.8 Å². The molecule has 0 unspecified atom stereocenters. The molecule has 10 atom stereocenters. The van der Waals surface area contributed by atoms with Crippen LogP contribution in [-0.2, 0) is 55.9 Å². The minimum atomic E-state index is -1.62. The van der Waals surface area contributed by atoms with E-state index in [0.29, 0.717) is 11.1 Å². The number of amides is 8. The minimum absolute atomic E-state index is 0.00179. The number of aromatic nitrogens is 1. The molecule has 8 amide bonds. The van der Waals surface area contributed by atoms with Gasteiger partial charge in [-0.3, -0.25) is 38.4 Å². The Hall–Kier alpha value is -6.42. The maximum atomic E-state index is 14.7. The SMILES string of the molecule is CC(=O)N[C@@H]1[C@@H](O)[C@H](O)[C@@H](CO)O[C@H]1NC(=O)CCC[C@@H]1NC(=O)[C@@H](CC(C)C)NC(=O)[C@H](CC(C)C)NC(=O)CNC(=O)[C@H](Cc2ccccc2)NC(=O)[C@H](Cc2c[nH]c3ccccc23)NC1=O. The normalized spacial score (nSPS) is 26.7. The summed E-state index contributed by atoms with van der Waals surface area (Å²) in [5.74, 6) is -5.89. The van der Waals surface area contributed by atoms with Gasteiger partial charge in [0.1, 0.15) is 54.6 Å². The maximum absolute atomic E-state index is 14.7. The van der Waals surface area contributed by atoms with E-state index in [0.717, 1.165) is 10.9 Å². The highest BCUT2D eigenvalue weighted by molar-refractivity contribution is 5.98. The van der Waals surface area contributed by atoms with Gasteiger partial charge in [-0.1, -0.05) is 76.2 Å². The smallest absolute Gasteiger partial charge is 0.243 e. The molecular formula is C48H67N9O12. The van der Waals surface area contributed by atoms with Gasteiger partial charge in [-0.15, -0.1) is 0 Å². The van der Waals surface area contributed by atoms with Gasteiger partial charge in [-0.2, -0.15) is 0 Å². The Morgan fingerprint density at radius 2 is 1.26 bits per heavy atom. The highest BCUT2D eigenvalue weighted by atomic mass is 16.5. The molecule has 5 rings (SSSR count). The van der Waals surface area contributed by atoms with E-state index in [9.17, 15) is 53.7 Å². The summed E-state index contributed by atoms with van der Waals surface area (Å²) in [6.45, 7) is 7.28. The summed E-state index contributed by atoms with van der Waals surface area (Å²) in [6.07, 6.45) is -4.53. The lowest BCUT2D eigenvalue weighted by Gasteiger charge is -2.42. The van der Waals surface area contributed by atoms with Crippen molar-refractivity contribution in [3.8, 4) is 0 Å². The van der Waals surface area contributed by atoms with E-state index >= 15 is 0 Å². The molecule has 2 saturated heterocycles. The van der Waals surface area contributed by atoms with Crippen molar-refractivity contribution >= 4 is 58.2 Å². The van der Waals surface area contributed by atoms with Gasteiger partial charge in [0, 0.05) is 43.3 Å². The molecule has 2 aromatic carbocycles. The zero-order chi connectivity index (χ0) is 50.4. The first-order valence-electron chi connectivity index (χ1n) is 23.4. The molecule has 0 spiro atoms. The van der Waals surface area contributed by atoms with Crippen LogP contribution in [0.4, 0.5) is 0 Å². The molecule has 0 aliphatic carbocycles. The van der Waals surface area contributed by atoms with Crippen molar-refractivity contribution in [2.45, 2.75) is 140 Å². The number of hydrogen-bond acceptors (Lipinski definition) is 12. The van der Waals surface area contributed by atoms with E-state index in [2.05, 4.69) is 47.5 Å². The average molecular weight is 962 g/mol. The molecule has 12 N–H and O–H groups in total. The molecule has 2 aliphatic rings. The van der Waals surface area contributed by atoms with Crippen molar-refractivity contribution in [1.82, 2.24) is 47.5 Å². The quantitative estimate of drug-likeness (QED) is 0.0858. The fourth-order valence-electron chi connectivity index (χ4n) is 8.42. The van der Waals surface area contributed by atoms with Gasteiger partial charge < -0.3 is 67.6 Å². The molecule has 69 heavy (non-hydrogen) atoms. The average Bonchev–Trinajstić information content (AvgIpc) is 3.71. The topological polar surface area (TPSA) is 319 Å². The second-order valence-corrected chi connectivity index (χ2v) is 18.5. The monoisotopic (exact) mass is 961 g/mol. The van der Waals surface area contributed by atoms with Crippen LogP contribution in [0.3, 0.4) is 0 Å². The zero-order valence-electron chi connectivity index (χ0n) is 39.6. The van der Waals surface area contributed by atoms with E-state index in [1.165, 1.54) is 6.92 Å². The van der Waals surface area contributed by atoms with E-state index in [4.69, 9.17) is 4.74 Å². The van der Waals surface area contributed by atoms with E-state index in [-0.39, 0.29) is 56.8 Å². The lowest BCUT2D eigenvalue weighted by Crippen LogP contribution is -2.68. The minimum Gasteiger partial charge on any atom is -0.394 e. The third-order valence-corrected chi connectivity index (χ3v) is 11.9. The van der Waals surface area contributed by atoms with E-state index in [1.54, 1.807) is 36.5 Å². The molecular weight excluding hydrogens is 895 g/mol. The molecule has 21 heteroatoms. The number of carbonyl (C=O) groups is 8. The van der Waals surface area contributed by atoms with Crippen LogP contribution in [0.25, 0.3) is 10.9 Å². The van der Waals surface area contributed by atoms with Gasteiger partial charge in [0.15, 0.2) is 6.23 Å². The molecule has 1 aromatic heterocycles. The number of benzene rings is 2. The van der Waals surface area contributed by atoms with Crippen LogP contribution in [-0.4, -0.2) is 142 Å². The number of rotatable bonds is 15. The van der Waals surface area contributed by atoms with Crippen molar-refractivity contribution in [2.75, 3.05) is 13.2 Å². The van der Waals surface area contributed by atoms with E-state index < -0.39 is 121 Å². The summed E-state index contributed by atoms with van der Waals surface area (Å²) in [6, 6.07) is 8.54. The molecule has 21 nitrogen and oxygen atoms in total. The predicted molar refractivity (Wildman–Crippen MR) is 251 cm³/mol. The Morgan fingerprint density at radius 3 is 1.90 bits per heavy atom. The highest BCUT2D eigenvalue weighted by Gasteiger charge is 2.45. The zero-order valence-corrected chi connectivity index (χ0v) is 39.6. The van der Waals surface area contributed by atoms with Crippen molar-refractivity contribution in [1.29, 1.82) is 0 Å². The summed E-state index contributed by atoms with van der Waals surface area (Å²) in [5.41, 5.74) is 2.09. The molecule has 3 aromatic rings. The Kier molecular flexibility index (Phi) is 19.6. The Labute approximate surface area is 400 Å². The Bertz CT molecular complexity index is 2270. The highest BCUT2D eigenvalue weighted by Crippen LogP contribution is 2.22. The number of fused-ring (bicyclic) bond motifs is 1. The van der Waals surface area contributed by atoms with Crippen LogP contribution in [0.2, 0.25) is 0 Å². The molecule has 0 saturated carbocycles. The van der Waals surface area contributed by atoms with Crippen LogP contribution >= 0.6 is 0 Å². The number of aromatic amines is 1. The largest absolute Gasteiger partial charge is 0.394 e. The molecule has 2 aliphatic heterocycles. The first kappa shape index (κ1) is 53.5. The number of H-pyrrole nitrogens is 1. The second-order valence-electron chi connectivity index (χ2n) is 18.5. The predicted octanol–water partition coefficient (Wildman–Crippen LogP) is -1.17.